The average Bonchev–Trinajstić information content (AvgIpc) is 3.51. The lowest BCUT2D eigenvalue weighted by atomic mass is 10.1. The van der Waals surface area contributed by atoms with Crippen LogP contribution >= 0.6 is 0 Å². The monoisotopic (exact) mass is 362 g/mol. The summed E-state index contributed by atoms with van der Waals surface area (Å²) in [5.74, 6) is 1.91. The summed E-state index contributed by atoms with van der Waals surface area (Å²) in [7, 11) is 3.20. The molecular formula is C20H30N2O4. The van der Waals surface area contributed by atoms with Gasteiger partial charge in [0.25, 0.3) is 0 Å². The molecule has 26 heavy (non-hydrogen) atoms. The number of hydrogen-bond acceptors (Lipinski definition) is 4. The van der Waals surface area contributed by atoms with Crippen LogP contribution in [0.1, 0.15) is 39.0 Å². The number of anilines is 1. The molecule has 2 amide bonds. The van der Waals surface area contributed by atoms with E-state index in [0.29, 0.717) is 36.2 Å². The SMILES string of the molecule is CCCC[C@@H]1CN(C(=O)Nc2cc(OC)ccc2OC)C[C@H](C2CC2)O1. The molecule has 1 heterocycles. The highest BCUT2D eigenvalue weighted by molar-refractivity contribution is 5.91. The molecule has 1 saturated heterocycles. The molecule has 1 aliphatic heterocycles. The van der Waals surface area contributed by atoms with Gasteiger partial charge in [-0.3, -0.25) is 0 Å². The lowest BCUT2D eigenvalue weighted by Gasteiger charge is -2.38. The van der Waals surface area contributed by atoms with Gasteiger partial charge in [-0.15, -0.1) is 0 Å². The lowest BCUT2D eigenvalue weighted by molar-refractivity contribution is -0.0836. The van der Waals surface area contributed by atoms with Crippen molar-refractivity contribution >= 4 is 11.7 Å². The normalized spacial score (nSPS) is 22.8. The molecule has 1 N–H and O–H groups in total. The van der Waals surface area contributed by atoms with Gasteiger partial charge in [-0.1, -0.05) is 19.8 Å². The predicted molar refractivity (Wildman–Crippen MR) is 101 cm³/mol. The van der Waals surface area contributed by atoms with Crippen molar-refractivity contribution in [2.45, 2.75) is 51.2 Å². The summed E-state index contributed by atoms with van der Waals surface area (Å²) in [5.41, 5.74) is 0.622. The lowest BCUT2D eigenvalue weighted by Crippen LogP contribution is -2.52. The predicted octanol–water partition coefficient (Wildman–Crippen LogP) is 3.91. The van der Waals surface area contributed by atoms with Gasteiger partial charge in [-0.25, -0.2) is 4.79 Å². The molecule has 1 aromatic carbocycles. The highest BCUT2D eigenvalue weighted by Gasteiger charge is 2.39. The van der Waals surface area contributed by atoms with E-state index in [1.807, 2.05) is 11.0 Å². The van der Waals surface area contributed by atoms with E-state index in [4.69, 9.17) is 14.2 Å². The van der Waals surface area contributed by atoms with Crippen molar-refractivity contribution < 1.29 is 19.0 Å². The number of carbonyl (C=O) groups excluding carboxylic acids is 1. The van der Waals surface area contributed by atoms with Crippen molar-refractivity contribution in [3.63, 3.8) is 0 Å². The highest BCUT2D eigenvalue weighted by atomic mass is 16.5. The highest BCUT2D eigenvalue weighted by Crippen LogP contribution is 2.37. The van der Waals surface area contributed by atoms with Gasteiger partial charge in [0.2, 0.25) is 0 Å². The van der Waals surface area contributed by atoms with E-state index in [0.717, 1.165) is 19.3 Å². The minimum Gasteiger partial charge on any atom is -0.497 e. The minimum atomic E-state index is -0.105. The average molecular weight is 362 g/mol. The summed E-state index contributed by atoms with van der Waals surface area (Å²) in [6.45, 7) is 3.48. The fraction of sp³-hybridized carbons (Fsp3) is 0.650. The first kappa shape index (κ1) is 18.8. The number of hydrogen-bond donors (Lipinski definition) is 1. The van der Waals surface area contributed by atoms with E-state index in [-0.39, 0.29) is 18.2 Å². The zero-order valence-corrected chi connectivity index (χ0v) is 16.0. The van der Waals surface area contributed by atoms with E-state index < -0.39 is 0 Å². The second kappa shape index (κ2) is 8.62. The summed E-state index contributed by atoms with van der Waals surface area (Å²) in [4.78, 5) is 14.8. The molecule has 1 aliphatic carbocycles. The van der Waals surface area contributed by atoms with Gasteiger partial charge in [0.15, 0.2) is 0 Å². The summed E-state index contributed by atoms with van der Waals surface area (Å²) < 4.78 is 16.9. The van der Waals surface area contributed by atoms with Crippen molar-refractivity contribution in [2.24, 2.45) is 5.92 Å². The topological polar surface area (TPSA) is 60.0 Å². The Labute approximate surface area is 155 Å². The molecule has 6 nitrogen and oxygen atoms in total. The van der Waals surface area contributed by atoms with Gasteiger partial charge in [0.05, 0.1) is 32.1 Å². The number of ether oxygens (including phenoxy) is 3. The maximum absolute atomic E-state index is 12.9. The number of unbranched alkanes of at least 4 members (excludes halogenated alkanes) is 1. The van der Waals surface area contributed by atoms with Gasteiger partial charge >= 0.3 is 6.03 Å². The van der Waals surface area contributed by atoms with Crippen molar-refractivity contribution in [3.05, 3.63) is 18.2 Å². The number of urea groups is 1. The quantitative estimate of drug-likeness (QED) is 0.799. The molecule has 2 atom stereocenters. The summed E-state index contributed by atoms with van der Waals surface area (Å²) in [5, 5.41) is 2.99. The molecule has 144 valence electrons. The minimum absolute atomic E-state index is 0.105. The molecular weight excluding hydrogens is 332 g/mol. The Morgan fingerprint density at radius 3 is 2.73 bits per heavy atom. The van der Waals surface area contributed by atoms with Gasteiger partial charge in [0, 0.05) is 19.2 Å². The Balaban J connectivity index is 1.69. The number of rotatable bonds is 7. The zero-order valence-electron chi connectivity index (χ0n) is 16.0. The van der Waals surface area contributed by atoms with Gasteiger partial charge < -0.3 is 24.4 Å². The van der Waals surface area contributed by atoms with Crippen molar-refractivity contribution in [1.29, 1.82) is 0 Å². The molecule has 1 saturated carbocycles. The van der Waals surface area contributed by atoms with Crippen LogP contribution < -0.4 is 14.8 Å². The molecule has 0 unspecified atom stereocenters. The van der Waals surface area contributed by atoms with E-state index in [9.17, 15) is 4.79 Å². The first-order valence-corrected chi connectivity index (χ1v) is 9.58. The maximum atomic E-state index is 12.9. The molecule has 2 fully saturated rings. The van der Waals surface area contributed by atoms with Crippen LogP contribution in [0.5, 0.6) is 11.5 Å². The third kappa shape index (κ3) is 4.61. The third-order valence-corrected chi connectivity index (χ3v) is 5.15. The van der Waals surface area contributed by atoms with Crippen molar-refractivity contribution in [2.75, 3.05) is 32.6 Å². The van der Waals surface area contributed by atoms with Crippen LogP contribution in [-0.2, 0) is 4.74 Å². The molecule has 0 radical (unpaired) electrons. The van der Waals surface area contributed by atoms with E-state index in [1.165, 1.54) is 12.8 Å². The van der Waals surface area contributed by atoms with Gasteiger partial charge in [-0.05, 0) is 37.3 Å². The third-order valence-electron chi connectivity index (χ3n) is 5.15. The second-order valence-electron chi connectivity index (χ2n) is 7.18. The van der Waals surface area contributed by atoms with Crippen molar-refractivity contribution in [3.8, 4) is 11.5 Å². The van der Waals surface area contributed by atoms with Crippen LogP contribution in [0, 0.1) is 5.92 Å². The summed E-state index contributed by atoms with van der Waals surface area (Å²) >= 11 is 0. The zero-order chi connectivity index (χ0) is 18.5. The van der Waals surface area contributed by atoms with Gasteiger partial charge in [0.1, 0.15) is 11.5 Å². The van der Waals surface area contributed by atoms with Crippen LogP contribution in [0.15, 0.2) is 18.2 Å². The fourth-order valence-electron chi connectivity index (χ4n) is 3.46. The Hall–Kier alpha value is -1.95. The molecule has 1 aromatic rings. The van der Waals surface area contributed by atoms with Crippen LogP contribution in [-0.4, -0.2) is 50.4 Å². The van der Waals surface area contributed by atoms with E-state index in [2.05, 4.69) is 12.2 Å². The first-order valence-electron chi connectivity index (χ1n) is 9.58. The molecule has 6 heteroatoms. The van der Waals surface area contributed by atoms with Crippen LogP contribution in [0.4, 0.5) is 10.5 Å². The molecule has 2 aliphatic rings. The molecule has 0 bridgehead atoms. The molecule has 0 spiro atoms. The summed E-state index contributed by atoms with van der Waals surface area (Å²) in [6.07, 6.45) is 6.00. The molecule has 0 aromatic heterocycles. The Kier molecular flexibility index (Phi) is 6.25. The summed E-state index contributed by atoms with van der Waals surface area (Å²) in [6, 6.07) is 5.29. The largest absolute Gasteiger partial charge is 0.497 e. The standard InChI is InChI=1S/C20H30N2O4/c1-4-5-6-16-12-22(13-19(26-16)14-7-8-14)20(23)21-17-11-15(24-2)9-10-18(17)25-3/h9-11,14,16,19H,4-8,12-13H2,1-3H3,(H,21,23)/t16-,19-/m1/s1. The number of amides is 2. The number of carbonyl (C=O) groups is 1. The number of morpholine rings is 1. The van der Waals surface area contributed by atoms with Crippen molar-refractivity contribution in [1.82, 2.24) is 4.90 Å². The van der Waals surface area contributed by atoms with E-state index >= 15 is 0 Å². The number of methoxy groups -OCH3 is 2. The van der Waals surface area contributed by atoms with Crippen LogP contribution in [0.25, 0.3) is 0 Å². The number of nitrogens with zero attached hydrogens (tertiary/aromatic N) is 1. The Bertz CT molecular complexity index is 618. The van der Waals surface area contributed by atoms with Crippen LogP contribution in [0.3, 0.4) is 0 Å². The number of benzene rings is 1. The maximum Gasteiger partial charge on any atom is 0.322 e. The van der Waals surface area contributed by atoms with Crippen LogP contribution in [0.2, 0.25) is 0 Å². The van der Waals surface area contributed by atoms with Gasteiger partial charge in [-0.2, -0.15) is 0 Å². The Morgan fingerprint density at radius 1 is 1.27 bits per heavy atom. The number of nitrogens with one attached hydrogen (secondary N) is 1. The Morgan fingerprint density at radius 2 is 2.08 bits per heavy atom. The fourth-order valence-corrected chi connectivity index (χ4v) is 3.46. The smallest absolute Gasteiger partial charge is 0.322 e. The second-order valence-corrected chi connectivity index (χ2v) is 7.18. The molecule has 3 rings (SSSR count). The first-order chi connectivity index (χ1) is 12.6. The van der Waals surface area contributed by atoms with E-state index in [1.54, 1.807) is 26.4 Å².